The van der Waals surface area contributed by atoms with Gasteiger partial charge in [0.05, 0.1) is 10.9 Å². The van der Waals surface area contributed by atoms with Crippen LogP contribution in [0.25, 0.3) is 0 Å². The maximum Gasteiger partial charge on any atom is 0.254 e. The van der Waals surface area contributed by atoms with E-state index in [1.807, 2.05) is 30.0 Å². The first kappa shape index (κ1) is 20.7. The molecule has 0 spiro atoms. The van der Waals surface area contributed by atoms with Crippen LogP contribution in [0.1, 0.15) is 45.9 Å². The van der Waals surface area contributed by atoms with Gasteiger partial charge in [-0.05, 0) is 74.7 Å². The molecule has 2 aromatic rings. The number of benzene rings is 2. The highest BCUT2D eigenvalue weighted by Gasteiger charge is 2.32. The number of aryl methyl sites for hydroxylation is 1. The van der Waals surface area contributed by atoms with Gasteiger partial charge >= 0.3 is 0 Å². The molecule has 1 saturated heterocycles. The van der Waals surface area contributed by atoms with Gasteiger partial charge in [0.2, 0.25) is 10.0 Å². The lowest BCUT2D eigenvalue weighted by Crippen LogP contribution is -2.31. The van der Waals surface area contributed by atoms with E-state index in [4.69, 9.17) is 9.47 Å². The molecular weight excluding hydrogens is 404 g/mol. The summed E-state index contributed by atoms with van der Waals surface area (Å²) in [5, 5.41) is 0. The van der Waals surface area contributed by atoms with Gasteiger partial charge in [0, 0.05) is 12.1 Å². The summed E-state index contributed by atoms with van der Waals surface area (Å²) >= 11 is 0. The maximum absolute atomic E-state index is 13.4. The molecule has 0 bridgehead atoms. The first-order valence-corrected chi connectivity index (χ1v) is 11.6. The predicted octanol–water partition coefficient (Wildman–Crippen LogP) is 2.96. The average molecular weight is 431 g/mol. The molecule has 7 nitrogen and oxygen atoms in total. The van der Waals surface area contributed by atoms with Crippen LogP contribution in [-0.2, 0) is 10.0 Å². The third-order valence-corrected chi connectivity index (χ3v) is 7.43. The van der Waals surface area contributed by atoms with Crippen LogP contribution in [0.3, 0.4) is 0 Å². The van der Waals surface area contributed by atoms with Crippen molar-refractivity contribution < 1.29 is 22.7 Å². The number of ether oxygens (including phenoxy) is 2. The number of likely N-dealkylation sites (tertiary alicyclic amines) is 1. The Morgan fingerprint density at radius 2 is 1.83 bits per heavy atom. The van der Waals surface area contributed by atoms with E-state index < -0.39 is 10.0 Å². The summed E-state index contributed by atoms with van der Waals surface area (Å²) in [5.74, 6) is 1.26. The highest BCUT2D eigenvalue weighted by atomic mass is 32.2. The Kier molecular flexibility index (Phi) is 5.46. The Bertz CT molecular complexity index is 1100. The molecule has 0 aliphatic carbocycles. The van der Waals surface area contributed by atoms with E-state index in [2.05, 4.69) is 4.72 Å². The SMILES string of the molecule is CNS(=O)(=O)c1cc(C(=O)N2CCCC2c2ccc3c(c2)OCCO3)cc(C)c1C. The summed E-state index contributed by atoms with van der Waals surface area (Å²) in [5.41, 5.74) is 2.80. The zero-order valence-electron chi connectivity index (χ0n) is 17.4. The van der Waals surface area contributed by atoms with E-state index in [0.717, 1.165) is 29.7 Å². The van der Waals surface area contributed by atoms with Crippen LogP contribution >= 0.6 is 0 Å². The summed E-state index contributed by atoms with van der Waals surface area (Å²) in [6.07, 6.45) is 1.73. The van der Waals surface area contributed by atoms with Crippen LogP contribution < -0.4 is 14.2 Å². The molecule has 1 atom stereocenters. The smallest absolute Gasteiger partial charge is 0.254 e. The quantitative estimate of drug-likeness (QED) is 0.806. The summed E-state index contributed by atoms with van der Waals surface area (Å²) < 4.78 is 38.5. The van der Waals surface area contributed by atoms with Gasteiger partial charge in [-0.15, -0.1) is 0 Å². The third kappa shape index (κ3) is 3.65. The lowest BCUT2D eigenvalue weighted by atomic mass is 10.0. The second-order valence-corrected chi connectivity index (χ2v) is 9.54. The van der Waals surface area contributed by atoms with Crippen molar-refractivity contribution in [2.45, 2.75) is 37.6 Å². The maximum atomic E-state index is 13.4. The van der Waals surface area contributed by atoms with Gasteiger partial charge in [0.1, 0.15) is 13.2 Å². The molecule has 160 valence electrons. The molecule has 1 N–H and O–H groups in total. The van der Waals surface area contributed by atoms with Crippen molar-refractivity contribution in [3.05, 3.63) is 52.6 Å². The Balaban J connectivity index is 1.68. The Hall–Kier alpha value is -2.58. The molecule has 0 aromatic heterocycles. The summed E-state index contributed by atoms with van der Waals surface area (Å²) in [6.45, 7) is 5.24. The van der Waals surface area contributed by atoms with Crippen LogP contribution in [0, 0.1) is 13.8 Å². The van der Waals surface area contributed by atoms with Crippen molar-refractivity contribution >= 4 is 15.9 Å². The number of nitrogens with one attached hydrogen (secondary N) is 1. The average Bonchev–Trinajstić information content (AvgIpc) is 3.24. The van der Waals surface area contributed by atoms with E-state index in [-0.39, 0.29) is 16.8 Å². The number of carbonyl (C=O) groups excluding carboxylic acids is 1. The number of fused-ring (bicyclic) bond motifs is 1. The van der Waals surface area contributed by atoms with Gasteiger partial charge in [-0.1, -0.05) is 6.07 Å². The van der Waals surface area contributed by atoms with Gasteiger partial charge in [0.15, 0.2) is 11.5 Å². The Labute approximate surface area is 177 Å². The van der Waals surface area contributed by atoms with E-state index in [9.17, 15) is 13.2 Å². The van der Waals surface area contributed by atoms with Crippen LogP contribution in [0.2, 0.25) is 0 Å². The molecule has 0 saturated carbocycles. The predicted molar refractivity (Wildman–Crippen MR) is 113 cm³/mol. The van der Waals surface area contributed by atoms with Crippen molar-refractivity contribution in [2.75, 3.05) is 26.8 Å². The Morgan fingerprint density at radius 3 is 2.57 bits per heavy atom. The molecular formula is C22H26N2O5S. The van der Waals surface area contributed by atoms with Gasteiger partial charge < -0.3 is 14.4 Å². The standard InChI is InChI=1S/C22H26N2O5S/c1-14-11-17(13-21(15(14)2)30(26,27)23-3)22(25)24-8-4-5-18(24)16-6-7-19-20(12-16)29-10-9-28-19/h6-7,11-13,18,23H,4-5,8-10H2,1-3H3. The fraction of sp³-hybridized carbons (Fsp3) is 0.409. The molecule has 0 radical (unpaired) electrons. The molecule has 8 heteroatoms. The second kappa shape index (κ2) is 7.92. The van der Waals surface area contributed by atoms with Gasteiger partial charge in [-0.3, -0.25) is 4.79 Å². The number of nitrogens with zero attached hydrogens (tertiary/aromatic N) is 1. The van der Waals surface area contributed by atoms with E-state index in [0.29, 0.717) is 36.6 Å². The number of hydrogen-bond acceptors (Lipinski definition) is 5. The van der Waals surface area contributed by atoms with E-state index in [1.54, 1.807) is 13.0 Å². The lowest BCUT2D eigenvalue weighted by Gasteiger charge is -2.27. The fourth-order valence-corrected chi connectivity index (χ4v) is 5.20. The third-order valence-electron chi connectivity index (χ3n) is 5.89. The van der Waals surface area contributed by atoms with Gasteiger partial charge in [-0.25, -0.2) is 13.1 Å². The highest BCUT2D eigenvalue weighted by molar-refractivity contribution is 7.89. The number of hydrogen-bond donors (Lipinski definition) is 1. The normalized spacial score (nSPS) is 18.5. The van der Waals surface area contributed by atoms with Gasteiger partial charge in [-0.2, -0.15) is 0 Å². The Morgan fingerprint density at radius 1 is 1.10 bits per heavy atom. The topological polar surface area (TPSA) is 84.9 Å². The van der Waals surface area contributed by atoms with E-state index in [1.165, 1.54) is 13.1 Å². The zero-order valence-corrected chi connectivity index (χ0v) is 18.2. The van der Waals surface area contributed by atoms with Crippen molar-refractivity contribution in [3.8, 4) is 11.5 Å². The van der Waals surface area contributed by atoms with Crippen LogP contribution in [0.15, 0.2) is 35.2 Å². The zero-order chi connectivity index (χ0) is 21.5. The number of rotatable bonds is 4. The fourth-order valence-electron chi connectivity index (χ4n) is 4.13. The summed E-state index contributed by atoms with van der Waals surface area (Å²) in [7, 11) is -2.29. The van der Waals surface area contributed by atoms with Crippen molar-refractivity contribution in [1.29, 1.82) is 0 Å². The summed E-state index contributed by atoms with van der Waals surface area (Å²) in [6, 6.07) is 8.97. The molecule has 4 rings (SSSR count). The number of amides is 1. The van der Waals surface area contributed by atoms with E-state index >= 15 is 0 Å². The number of sulfonamides is 1. The minimum atomic E-state index is -3.66. The molecule has 2 aliphatic heterocycles. The van der Waals surface area contributed by atoms with Gasteiger partial charge in [0.25, 0.3) is 5.91 Å². The molecule has 2 aliphatic rings. The molecule has 1 amide bonds. The largest absolute Gasteiger partial charge is 0.486 e. The molecule has 30 heavy (non-hydrogen) atoms. The summed E-state index contributed by atoms with van der Waals surface area (Å²) in [4.78, 5) is 15.4. The van der Waals surface area contributed by atoms with Crippen molar-refractivity contribution in [3.63, 3.8) is 0 Å². The number of carbonyl (C=O) groups is 1. The first-order valence-electron chi connectivity index (χ1n) is 10.1. The molecule has 1 unspecified atom stereocenters. The molecule has 2 aromatic carbocycles. The first-order chi connectivity index (χ1) is 14.3. The molecule has 2 heterocycles. The minimum absolute atomic E-state index is 0.0840. The second-order valence-electron chi connectivity index (χ2n) is 7.68. The highest BCUT2D eigenvalue weighted by Crippen LogP contribution is 2.39. The minimum Gasteiger partial charge on any atom is -0.486 e. The monoisotopic (exact) mass is 430 g/mol. The molecule has 1 fully saturated rings. The van der Waals surface area contributed by atoms with Crippen LogP contribution in [-0.4, -0.2) is 46.0 Å². The van der Waals surface area contributed by atoms with Crippen LogP contribution in [0.5, 0.6) is 11.5 Å². The van der Waals surface area contributed by atoms with Crippen molar-refractivity contribution in [1.82, 2.24) is 9.62 Å². The van der Waals surface area contributed by atoms with Crippen LogP contribution in [0.4, 0.5) is 0 Å². The lowest BCUT2D eigenvalue weighted by molar-refractivity contribution is 0.0734. The van der Waals surface area contributed by atoms with Crippen molar-refractivity contribution in [2.24, 2.45) is 0 Å².